The number of anilines is 1. The molecule has 0 saturated carbocycles. The summed E-state index contributed by atoms with van der Waals surface area (Å²) in [5.41, 5.74) is 5.01. The van der Waals surface area contributed by atoms with Gasteiger partial charge in [0.15, 0.2) is 11.6 Å². The summed E-state index contributed by atoms with van der Waals surface area (Å²) in [5.74, 6) is -4.24. The third-order valence-corrected chi connectivity index (χ3v) is 2.18. The van der Waals surface area contributed by atoms with Crippen LogP contribution in [0.2, 0.25) is 0 Å². The highest BCUT2D eigenvalue weighted by molar-refractivity contribution is 5.97. The van der Waals surface area contributed by atoms with E-state index in [0.717, 1.165) is 18.2 Å². The minimum absolute atomic E-state index is 0.0206. The third-order valence-electron chi connectivity index (χ3n) is 2.18. The summed E-state index contributed by atoms with van der Waals surface area (Å²) < 4.78 is 38.8. The maximum absolute atomic E-state index is 13.0. The Hall–Kier alpha value is -1.91. The van der Waals surface area contributed by atoms with Gasteiger partial charge in [0.1, 0.15) is 5.82 Å². The summed E-state index contributed by atoms with van der Waals surface area (Å²) in [6.45, 7) is 0. The topological polar surface area (TPSA) is 46.2 Å². The Labute approximate surface area is 82.7 Å². The van der Waals surface area contributed by atoms with Gasteiger partial charge in [0.25, 0.3) is 0 Å². The van der Waals surface area contributed by atoms with Crippen molar-refractivity contribution >= 4 is 16.5 Å². The van der Waals surface area contributed by atoms with Crippen LogP contribution < -0.4 is 5.73 Å². The fraction of sp³-hybridized carbons (Fsp3) is 0. The Bertz CT molecular complexity index is 554. The normalized spacial score (nSPS) is 10.9. The predicted molar refractivity (Wildman–Crippen MR) is 49.9 cm³/mol. The molecule has 0 bridgehead atoms. The Morgan fingerprint density at radius 3 is 2.33 bits per heavy atom. The summed E-state index contributed by atoms with van der Waals surface area (Å²) in [6, 6.07) is 2.87. The van der Waals surface area contributed by atoms with Gasteiger partial charge in [-0.2, -0.15) is 4.39 Å². The van der Waals surface area contributed by atoms with Crippen LogP contribution in [0.5, 0.6) is 5.75 Å². The molecule has 0 saturated heterocycles. The van der Waals surface area contributed by atoms with Crippen molar-refractivity contribution < 1.29 is 18.3 Å². The fourth-order valence-electron chi connectivity index (χ4n) is 1.39. The molecule has 0 aliphatic rings. The van der Waals surface area contributed by atoms with Crippen LogP contribution in [0, 0.1) is 17.5 Å². The standard InChI is InChI=1S/C10H6F3NO/c11-6-2-1-4-5(9(6)14)3-7(12)8(13)10(4)15/h1-3,15H,14H2. The number of phenols is 1. The Kier molecular flexibility index (Phi) is 1.96. The van der Waals surface area contributed by atoms with Crippen LogP contribution in [0.3, 0.4) is 0 Å². The zero-order valence-electron chi connectivity index (χ0n) is 7.39. The molecule has 2 aromatic rings. The molecular formula is C10H6F3NO. The summed E-state index contributed by atoms with van der Waals surface area (Å²) in [7, 11) is 0. The predicted octanol–water partition coefficient (Wildman–Crippen LogP) is 2.54. The number of halogens is 3. The second kappa shape index (κ2) is 3.05. The molecule has 0 aliphatic carbocycles. The van der Waals surface area contributed by atoms with Crippen LogP contribution in [-0.2, 0) is 0 Å². The molecule has 2 nitrogen and oxygen atoms in total. The maximum atomic E-state index is 13.0. The molecule has 2 rings (SSSR count). The molecule has 0 aromatic heterocycles. The fourth-order valence-corrected chi connectivity index (χ4v) is 1.39. The number of fused-ring (bicyclic) bond motifs is 1. The van der Waals surface area contributed by atoms with Crippen LogP contribution in [0.25, 0.3) is 10.8 Å². The van der Waals surface area contributed by atoms with Crippen molar-refractivity contribution in [3.05, 3.63) is 35.7 Å². The van der Waals surface area contributed by atoms with Crippen LogP contribution in [0.4, 0.5) is 18.9 Å². The number of rotatable bonds is 0. The highest BCUT2D eigenvalue weighted by atomic mass is 19.2. The maximum Gasteiger partial charge on any atom is 0.201 e. The van der Waals surface area contributed by atoms with E-state index in [1.165, 1.54) is 0 Å². The molecule has 78 valence electrons. The summed E-state index contributed by atoms with van der Waals surface area (Å²) in [5, 5.41) is 9.19. The Balaban J connectivity index is 2.98. The van der Waals surface area contributed by atoms with Crippen molar-refractivity contribution in [1.29, 1.82) is 0 Å². The molecule has 0 heterocycles. The molecule has 0 amide bonds. The van der Waals surface area contributed by atoms with E-state index in [4.69, 9.17) is 5.73 Å². The van der Waals surface area contributed by atoms with Crippen molar-refractivity contribution in [3.63, 3.8) is 0 Å². The second-order valence-corrected chi connectivity index (χ2v) is 3.08. The minimum atomic E-state index is -1.37. The van der Waals surface area contributed by atoms with Crippen LogP contribution in [0.1, 0.15) is 0 Å². The summed E-state index contributed by atoms with van der Waals surface area (Å²) in [4.78, 5) is 0. The van der Waals surface area contributed by atoms with Crippen LogP contribution in [-0.4, -0.2) is 5.11 Å². The Morgan fingerprint density at radius 2 is 1.67 bits per heavy atom. The van der Waals surface area contributed by atoms with Gasteiger partial charge in [-0.05, 0) is 18.2 Å². The number of benzene rings is 2. The zero-order valence-corrected chi connectivity index (χ0v) is 7.39. The molecule has 5 heteroatoms. The van der Waals surface area contributed by atoms with E-state index in [2.05, 4.69) is 0 Å². The lowest BCUT2D eigenvalue weighted by atomic mass is 10.1. The van der Waals surface area contributed by atoms with E-state index >= 15 is 0 Å². The van der Waals surface area contributed by atoms with E-state index in [-0.39, 0.29) is 16.5 Å². The molecular weight excluding hydrogens is 207 g/mol. The second-order valence-electron chi connectivity index (χ2n) is 3.08. The molecule has 0 aliphatic heterocycles. The SMILES string of the molecule is Nc1c(F)ccc2c(O)c(F)c(F)cc12. The largest absolute Gasteiger partial charge is 0.504 e. The Morgan fingerprint density at radius 1 is 1.00 bits per heavy atom. The first-order valence-corrected chi connectivity index (χ1v) is 4.07. The molecule has 15 heavy (non-hydrogen) atoms. The van der Waals surface area contributed by atoms with Crippen LogP contribution >= 0.6 is 0 Å². The first kappa shape index (κ1) is 9.64. The molecule has 0 atom stereocenters. The number of nitrogen functional groups attached to an aromatic ring is 1. The van der Waals surface area contributed by atoms with Gasteiger partial charge in [-0.15, -0.1) is 0 Å². The highest BCUT2D eigenvalue weighted by Gasteiger charge is 2.15. The van der Waals surface area contributed by atoms with E-state index < -0.39 is 23.2 Å². The van der Waals surface area contributed by atoms with Crippen molar-refractivity contribution in [3.8, 4) is 5.75 Å². The molecule has 2 aromatic carbocycles. The van der Waals surface area contributed by atoms with Crippen molar-refractivity contribution in [2.75, 3.05) is 5.73 Å². The third kappa shape index (κ3) is 1.27. The van der Waals surface area contributed by atoms with Crippen molar-refractivity contribution in [2.24, 2.45) is 0 Å². The zero-order chi connectivity index (χ0) is 11.2. The average molecular weight is 213 g/mol. The number of phenolic OH excluding ortho intramolecular Hbond substituents is 1. The van der Waals surface area contributed by atoms with Gasteiger partial charge in [-0.3, -0.25) is 0 Å². The van der Waals surface area contributed by atoms with Gasteiger partial charge in [-0.1, -0.05) is 0 Å². The van der Waals surface area contributed by atoms with Gasteiger partial charge in [-0.25, -0.2) is 8.78 Å². The molecule has 0 spiro atoms. The number of hydrogen-bond acceptors (Lipinski definition) is 2. The van der Waals surface area contributed by atoms with Crippen molar-refractivity contribution in [2.45, 2.75) is 0 Å². The smallest absolute Gasteiger partial charge is 0.201 e. The van der Waals surface area contributed by atoms with E-state index in [1.807, 2.05) is 0 Å². The van der Waals surface area contributed by atoms with Gasteiger partial charge < -0.3 is 10.8 Å². The first-order valence-electron chi connectivity index (χ1n) is 4.07. The summed E-state index contributed by atoms with van der Waals surface area (Å²) in [6.07, 6.45) is 0. The summed E-state index contributed by atoms with van der Waals surface area (Å²) >= 11 is 0. The van der Waals surface area contributed by atoms with E-state index in [9.17, 15) is 18.3 Å². The lowest BCUT2D eigenvalue weighted by molar-refractivity contribution is 0.413. The van der Waals surface area contributed by atoms with E-state index in [0.29, 0.717) is 0 Å². The molecule has 3 N–H and O–H groups in total. The lowest BCUT2D eigenvalue weighted by Crippen LogP contribution is -1.94. The highest BCUT2D eigenvalue weighted by Crippen LogP contribution is 2.33. The number of aromatic hydroxyl groups is 1. The molecule has 0 radical (unpaired) electrons. The van der Waals surface area contributed by atoms with Crippen molar-refractivity contribution in [1.82, 2.24) is 0 Å². The van der Waals surface area contributed by atoms with Gasteiger partial charge in [0, 0.05) is 10.8 Å². The van der Waals surface area contributed by atoms with Gasteiger partial charge >= 0.3 is 0 Å². The van der Waals surface area contributed by atoms with E-state index in [1.54, 1.807) is 0 Å². The quantitative estimate of drug-likeness (QED) is 0.660. The monoisotopic (exact) mass is 213 g/mol. The first-order chi connectivity index (χ1) is 7.02. The van der Waals surface area contributed by atoms with Gasteiger partial charge in [0.05, 0.1) is 5.69 Å². The van der Waals surface area contributed by atoms with Gasteiger partial charge in [0.2, 0.25) is 5.82 Å². The number of nitrogens with two attached hydrogens (primary N) is 1. The average Bonchev–Trinajstić information content (AvgIpc) is 2.21. The minimum Gasteiger partial charge on any atom is -0.504 e. The molecule has 0 fully saturated rings. The number of hydrogen-bond donors (Lipinski definition) is 2. The van der Waals surface area contributed by atoms with Crippen LogP contribution in [0.15, 0.2) is 18.2 Å². The lowest BCUT2D eigenvalue weighted by Gasteiger charge is -2.06. The molecule has 0 unspecified atom stereocenters.